The van der Waals surface area contributed by atoms with E-state index in [2.05, 4.69) is 17.4 Å². The molecular weight excluding hydrogens is 304 g/mol. The smallest absolute Gasteiger partial charge is 0.251 e. The van der Waals surface area contributed by atoms with Crippen molar-refractivity contribution in [3.05, 3.63) is 47.3 Å². The van der Waals surface area contributed by atoms with Crippen LogP contribution in [0.2, 0.25) is 0 Å². The zero-order valence-corrected chi connectivity index (χ0v) is 13.0. The summed E-state index contributed by atoms with van der Waals surface area (Å²) in [7, 11) is 0. The number of rotatable bonds is 7. The molecule has 1 aromatic heterocycles. The van der Waals surface area contributed by atoms with Crippen molar-refractivity contribution in [3.63, 3.8) is 0 Å². The summed E-state index contributed by atoms with van der Waals surface area (Å²) in [6, 6.07) is 11.7. The Morgan fingerprint density at radius 1 is 1.19 bits per heavy atom. The van der Waals surface area contributed by atoms with Crippen molar-refractivity contribution in [1.29, 1.82) is 0 Å². The van der Waals surface area contributed by atoms with Gasteiger partial charge in [0, 0.05) is 11.3 Å². The van der Waals surface area contributed by atoms with Crippen molar-refractivity contribution in [1.82, 2.24) is 0 Å². The fourth-order valence-electron chi connectivity index (χ4n) is 1.73. The molecule has 1 aromatic carbocycles. The third-order valence-corrected chi connectivity index (χ3v) is 4.67. The van der Waals surface area contributed by atoms with Gasteiger partial charge in [0.15, 0.2) is 0 Å². The Kier molecular flexibility index (Phi) is 5.83. The molecule has 2 rings (SSSR count). The minimum Gasteiger partial charge on any atom is -0.366 e. The summed E-state index contributed by atoms with van der Waals surface area (Å²) in [6.45, 7) is 0. The SMILES string of the molecule is NC(=O)c1ccsc1NC(=O)CCCSc1ccccc1. The van der Waals surface area contributed by atoms with E-state index < -0.39 is 5.91 Å². The number of hydrogen-bond donors (Lipinski definition) is 2. The molecule has 2 aromatic rings. The van der Waals surface area contributed by atoms with Gasteiger partial charge in [-0.25, -0.2) is 0 Å². The van der Waals surface area contributed by atoms with Crippen LogP contribution < -0.4 is 11.1 Å². The lowest BCUT2D eigenvalue weighted by Crippen LogP contribution is -2.16. The van der Waals surface area contributed by atoms with Crippen LogP contribution in [0.4, 0.5) is 5.00 Å². The number of primary amides is 1. The summed E-state index contributed by atoms with van der Waals surface area (Å²) >= 11 is 3.03. The van der Waals surface area contributed by atoms with E-state index in [9.17, 15) is 9.59 Å². The molecule has 0 radical (unpaired) electrons. The van der Waals surface area contributed by atoms with Crippen LogP contribution in [-0.4, -0.2) is 17.6 Å². The van der Waals surface area contributed by atoms with Gasteiger partial charge in [0.1, 0.15) is 5.00 Å². The van der Waals surface area contributed by atoms with Gasteiger partial charge < -0.3 is 11.1 Å². The van der Waals surface area contributed by atoms with Crippen LogP contribution in [0.3, 0.4) is 0 Å². The molecule has 0 aliphatic heterocycles. The van der Waals surface area contributed by atoms with Crippen LogP contribution in [0.5, 0.6) is 0 Å². The number of nitrogens with two attached hydrogens (primary N) is 1. The molecule has 4 nitrogen and oxygen atoms in total. The highest BCUT2D eigenvalue weighted by atomic mass is 32.2. The maximum atomic E-state index is 11.8. The van der Waals surface area contributed by atoms with E-state index in [1.54, 1.807) is 23.2 Å². The Balaban J connectivity index is 1.73. The monoisotopic (exact) mass is 320 g/mol. The lowest BCUT2D eigenvalue weighted by atomic mass is 10.3. The molecule has 2 amide bonds. The number of benzene rings is 1. The zero-order chi connectivity index (χ0) is 15.1. The summed E-state index contributed by atoms with van der Waals surface area (Å²) in [6.07, 6.45) is 1.21. The molecule has 21 heavy (non-hydrogen) atoms. The second kappa shape index (κ2) is 7.85. The summed E-state index contributed by atoms with van der Waals surface area (Å²) in [5, 5.41) is 5.01. The van der Waals surface area contributed by atoms with Crippen molar-refractivity contribution >= 4 is 39.9 Å². The molecule has 0 unspecified atom stereocenters. The molecule has 0 atom stereocenters. The number of amides is 2. The first kappa shape index (κ1) is 15.6. The number of anilines is 1. The number of thiophene rings is 1. The molecule has 3 N–H and O–H groups in total. The van der Waals surface area contributed by atoms with Gasteiger partial charge >= 0.3 is 0 Å². The van der Waals surface area contributed by atoms with Gasteiger partial charge in [0.05, 0.1) is 5.56 Å². The molecule has 0 aliphatic carbocycles. The average molecular weight is 320 g/mol. The first-order chi connectivity index (χ1) is 10.2. The molecular formula is C15H16N2O2S2. The van der Waals surface area contributed by atoms with E-state index >= 15 is 0 Å². The minimum absolute atomic E-state index is 0.0892. The molecule has 110 valence electrons. The highest BCUT2D eigenvalue weighted by molar-refractivity contribution is 7.99. The number of carbonyl (C=O) groups excluding carboxylic acids is 2. The highest BCUT2D eigenvalue weighted by Gasteiger charge is 2.12. The van der Waals surface area contributed by atoms with Crippen molar-refractivity contribution in [2.75, 3.05) is 11.1 Å². The van der Waals surface area contributed by atoms with Crippen LogP contribution in [0, 0.1) is 0 Å². The summed E-state index contributed by atoms with van der Waals surface area (Å²) < 4.78 is 0. The van der Waals surface area contributed by atoms with Crippen LogP contribution in [-0.2, 0) is 4.79 Å². The normalized spacial score (nSPS) is 10.3. The number of nitrogens with one attached hydrogen (secondary N) is 1. The van der Waals surface area contributed by atoms with Gasteiger partial charge in [-0.2, -0.15) is 0 Å². The number of hydrogen-bond acceptors (Lipinski definition) is 4. The molecule has 1 heterocycles. The van der Waals surface area contributed by atoms with E-state index in [0.29, 0.717) is 17.0 Å². The van der Waals surface area contributed by atoms with E-state index in [1.807, 2.05) is 18.2 Å². The van der Waals surface area contributed by atoms with E-state index in [1.165, 1.54) is 16.2 Å². The van der Waals surface area contributed by atoms with Gasteiger partial charge in [0.25, 0.3) is 5.91 Å². The lowest BCUT2D eigenvalue weighted by Gasteiger charge is -2.04. The first-order valence-electron chi connectivity index (χ1n) is 6.52. The van der Waals surface area contributed by atoms with Crippen molar-refractivity contribution in [3.8, 4) is 0 Å². The maximum Gasteiger partial charge on any atom is 0.251 e. The molecule has 0 fully saturated rings. The number of carbonyl (C=O) groups is 2. The molecule has 6 heteroatoms. The largest absolute Gasteiger partial charge is 0.366 e. The fourth-order valence-corrected chi connectivity index (χ4v) is 3.41. The van der Waals surface area contributed by atoms with Gasteiger partial charge in [0.2, 0.25) is 5.91 Å². The third kappa shape index (κ3) is 4.91. The molecule has 0 aliphatic rings. The Morgan fingerprint density at radius 3 is 2.67 bits per heavy atom. The predicted octanol–water partition coefficient (Wildman–Crippen LogP) is 3.36. The lowest BCUT2D eigenvalue weighted by molar-refractivity contribution is -0.116. The Hall–Kier alpha value is -1.79. The highest BCUT2D eigenvalue weighted by Crippen LogP contribution is 2.23. The maximum absolute atomic E-state index is 11.8. The standard InChI is InChI=1S/C15H16N2O2S2/c16-14(19)12-8-10-21-15(12)17-13(18)7-4-9-20-11-5-2-1-3-6-11/h1-3,5-6,8,10H,4,7,9H2,(H2,16,19)(H,17,18). The van der Waals surface area contributed by atoms with Crippen molar-refractivity contribution in [2.24, 2.45) is 5.73 Å². The molecule has 0 saturated heterocycles. The number of thioether (sulfide) groups is 1. The third-order valence-electron chi connectivity index (χ3n) is 2.74. The Bertz CT molecular complexity index is 611. The fraction of sp³-hybridized carbons (Fsp3) is 0.200. The van der Waals surface area contributed by atoms with E-state index in [-0.39, 0.29) is 5.91 Å². The van der Waals surface area contributed by atoms with Crippen LogP contribution in [0.15, 0.2) is 46.7 Å². The second-order valence-corrected chi connectivity index (χ2v) is 6.43. The molecule has 0 bridgehead atoms. The van der Waals surface area contributed by atoms with E-state index in [4.69, 9.17) is 5.73 Å². The molecule has 0 saturated carbocycles. The predicted molar refractivity (Wildman–Crippen MR) is 87.9 cm³/mol. The zero-order valence-electron chi connectivity index (χ0n) is 11.4. The first-order valence-corrected chi connectivity index (χ1v) is 8.38. The summed E-state index contributed by atoms with van der Waals surface area (Å²) in [4.78, 5) is 24.2. The van der Waals surface area contributed by atoms with Crippen LogP contribution in [0.25, 0.3) is 0 Å². The summed E-state index contributed by atoms with van der Waals surface area (Å²) in [5.74, 6) is 0.268. The second-order valence-electron chi connectivity index (χ2n) is 4.34. The van der Waals surface area contributed by atoms with Crippen molar-refractivity contribution in [2.45, 2.75) is 17.7 Å². The quantitative estimate of drug-likeness (QED) is 0.607. The van der Waals surface area contributed by atoms with Crippen molar-refractivity contribution < 1.29 is 9.59 Å². The molecule has 0 spiro atoms. The van der Waals surface area contributed by atoms with E-state index in [0.717, 1.165) is 12.2 Å². The Labute approximate surface area is 131 Å². The minimum atomic E-state index is -0.522. The van der Waals surface area contributed by atoms with Gasteiger partial charge in [-0.1, -0.05) is 18.2 Å². The van der Waals surface area contributed by atoms with Crippen LogP contribution in [0.1, 0.15) is 23.2 Å². The average Bonchev–Trinajstić information content (AvgIpc) is 2.93. The van der Waals surface area contributed by atoms with Gasteiger partial charge in [-0.05, 0) is 35.8 Å². The Morgan fingerprint density at radius 2 is 1.95 bits per heavy atom. The topological polar surface area (TPSA) is 72.2 Å². The van der Waals surface area contributed by atoms with Crippen LogP contribution >= 0.6 is 23.1 Å². The van der Waals surface area contributed by atoms with Gasteiger partial charge in [-0.3, -0.25) is 9.59 Å². The van der Waals surface area contributed by atoms with Gasteiger partial charge in [-0.15, -0.1) is 23.1 Å². The summed E-state index contributed by atoms with van der Waals surface area (Å²) in [5.41, 5.74) is 5.60.